The molecule has 16 heavy (non-hydrogen) atoms. The molecule has 0 saturated heterocycles. The predicted octanol–water partition coefficient (Wildman–Crippen LogP) is 3.86. The Balaban J connectivity index is 2.35. The quantitative estimate of drug-likeness (QED) is 0.849. The van der Waals surface area contributed by atoms with E-state index in [1.54, 1.807) is 24.3 Å². The molecule has 6 heteroatoms. The summed E-state index contributed by atoms with van der Waals surface area (Å²) in [6.07, 6.45) is -3.55. The first-order valence-electron chi connectivity index (χ1n) is 4.35. The molecule has 0 aliphatic heterocycles. The molecule has 1 N–H and O–H groups in total. The molecule has 0 aliphatic carbocycles. The fourth-order valence-corrected chi connectivity index (χ4v) is 1.49. The van der Waals surface area contributed by atoms with Crippen LogP contribution in [0.4, 0.5) is 13.2 Å². The van der Waals surface area contributed by atoms with Crippen molar-refractivity contribution in [1.29, 1.82) is 0 Å². The van der Waals surface area contributed by atoms with Crippen LogP contribution in [0, 0.1) is 0 Å². The summed E-state index contributed by atoms with van der Waals surface area (Å²) in [4.78, 5) is 5.99. The van der Waals surface area contributed by atoms with Crippen LogP contribution in [0.1, 0.15) is 5.69 Å². The van der Waals surface area contributed by atoms with Crippen molar-refractivity contribution in [3.8, 4) is 11.4 Å². The molecule has 84 valence electrons. The van der Waals surface area contributed by atoms with Crippen molar-refractivity contribution in [3.05, 3.63) is 40.6 Å². The molecule has 0 aliphatic rings. The van der Waals surface area contributed by atoms with Crippen molar-refractivity contribution in [2.75, 3.05) is 0 Å². The lowest BCUT2D eigenvalue weighted by molar-refractivity contribution is -0.140. The zero-order valence-corrected chi connectivity index (χ0v) is 9.43. The molecule has 2 rings (SSSR count). The van der Waals surface area contributed by atoms with E-state index in [9.17, 15) is 13.2 Å². The van der Waals surface area contributed by atoms with Gasteiger partial charge >= 0.3 is 6.18 Å². The first-order chi connectivity index (χ1) is 7.47. The van der Waals surface area contributed by atoms with E-state index in [1.807, 2.05) is 0 Å². The highest BCUT2D eigenvalue weighted by atomic mass is 79.9. The Labute approximate surface area is 97.6 Å². The molecule has 2 nitrogen and oxygen atoms in total. The van der Waals surface area contributed by atoms with Crippen LogP contribution in [0.2, 0.25) is 0 Å². The summed E-state index contributed by atoms with van der Waals surface area (Å²) in [7, 11) is 0. The highest BCUT2D eigenvalue weighted by molar-refractivity contribution is 9.10. The maximum Gasteiger partial charge on any atom is 0.434 e. The lowest BCUT2D eigenvalue weighted by Crippen LogP contribution is -2.04. The van der Waals surface area contributed by atoms with Crippen LogP contribution in [-0.2, 0) is 6.18 Å². The van der Waals surface area contributed by atoms with Crippen molar-refractivity contribution in [2.24, 2.45) is 0 Å². The molecule has 1 aromatic heterocycles. The van der Waals surface area contributed by atoms with Crippen molar-refractivity contribution in [2.45, 2.75) is 6.18 Å². The van der Waals surface area contributed by atoms with E-state index in [0.717, 1.165) is 10.7 Å². The minimum Gasteiger partial charge on any atom is -0.344 e. The molecular weight excluding hydrogens is 285 g/mol. The molecule has 2 aromatic rings. The largest absolute Gasteiger partial charge is 0.434 e. The van der Waals surface area contributed by atoms with E-state index in [-0.39, 0.29) is 5.82 Å². The second kappa shape index (κ2) is 3.93. The van der Waals surface area contributed by atoms with Gasteiger partial charge in [0.15, 0.2) is 5.69 Å². The molecule has 0 atom stereocenters. The number of H-pyrrole nitrogens is 1. The molecule has 1 aromatic carbocycles. The van der Waals surface area contributed by atoms with Gasteiger partial charge in [0.2, 0.25) is 0 Å². The van der Waals surface area contributed by atoms with Gasteiger partial charge in [0.1, 0.15) is 5.82 Å². The lowest BCUT2D eigenvalue weighted by atomic mass is 10.2. The van der Waals surface area contributed by atoms with Gasteiger partial charge in [-0.3, -0.25) is 0 Å². The van der Waals surface area contributed by atoms with Crippen molar-refractivity contribution < 1.29 is 13.2 Å². The van der Waals surface area contributed by atoms with Crippen molar-refractivity contribution in [3.63, 3.8) is 0 Å². The number of nitrogens with one attached hydrogen (secondary N) is 1. The summed E-state index contributed by atoms with van der Waals surface area (Å²) in [6, 6.07) is 6.85. The van der Waals surface area contributed by atoms with Gasteiger partial charge in [-0.15, -0.1) is 0 Å². The number of alkyl halides is 3. The molecule has 1 heterocycles. The van der Waals surface area contributed by atoms with Gasteiger partial charge in [0.05, 0.1) is 0 Å². The molecule has 0 fully saturated rings. The standard InChI is InChI=1S/C10H6BrF3N2/c11-7-3-1-6(2-4-7)9-15-5-8(16-9)10(12,13)14/h1-5H,(H,15,16). The van der Waals surface area contributed by atoms with Gasteiger partial charge in [0.25, 0.3) is 0 Å². The van der Waals surface area contributed by atoms with Crippen molar-refractivity contribution in [1.82, 2.24) is 9.97 Å². The van der Waals surface area contributed by atoms with Crippen LogP contribution in [0.15, 0.2) is 34.9 Å². The first-order valence-corrected chi connectivity index (χ1v) is 5.14. The maximum absolute atomic E-state index is 12.3. The predicted molar refractivity (Wildman–Crippen MR) is 56.7 cm³/mol. The number of aromatic amines is 1. The molecular formula is C10H6BrF3N2. The Bertz CT molecular complexity index is 488. The smallest absolute Gasteiger partial charge is 0.344 e. The average Bonchev–Trinajstić information content (AvgIpc) is 2.67. The number of benzene rings is 1. The van der Waals surface area contributed by atoms with Crippen LogP contribution in [-0.4, -0.2) is 9.97 Å². The van der Waals surface area contributed by atoms with Crippen molar-refractivity contribution >= 4 is 15.9 Å². The van der Waals surface area contributed by atoms with Crippen LogP contribution in [0.25, 0.3) is 11.4 Å². The van der Waals surface area contributed by atoms with Gasteiger partial charge in [-0.05, 0) is 12.1 Å². The minimum atomic E-state index is -4.41. The minimum absolute atomic E-state index is 0.208. The van der Waals surface area contributed by atoms with Crippen LogP contribution in [0.3, 0.4) is 0 Å². The fourth-order valence-electron chi connectivity index (χ4n) is 1.22. The molecule has 0 bridgehead atoms. The van der Waals surface area contributed by atoms with Crippen LogP contribution < -0.4 is 0 Å². The second-order valence-electron chi connectivity index (χ2n) is 3.14. The summed E-state index contributed by atoms with van der Waals surface area (Å²) in [5, 5.41) is 0. The SMILES string of the molecule is FC(F)(F)c1c[nH]c(-c2ccc(Br)cc2)n1. The van der Waals surface area contributed by atoms with E-state index in [2.05, 4.69) is 25.9 Å². The number of hydrogen-bond donors (Lipinski definition) is 1. The second-order valence-corrected chi connectivity index (χ2v) is 4.05. The Morgan fingerprint density at radius 3 is 2.25 bits per heavy atom. The highest BCUT2D eigenvalue weighted by Crippen LogP contribution is 2.29. The number of aromatic nitrogens is 2. The molecule has 0 radical (unpaired) electrons. The number of imidazole rings is 1. The number of rotatable bonds is 1. The summed E-state index contributed by atoms with van der Waals surface area (Å²) in [6.45, 7) is 0. The third-order valence-electron chi connectivity index (χ3n) is 1.99. The first kappa shape index (κ1) is 11.2. The lowest BCUT2D eigenvalue weighted by Gasteiger charge is -2.00. The Morgan fingerprint density at radius 2 is 1.75 bits per heavy atom. The summed E-state index contributed by atoms with van der Waals surface area (Å²) >= 11 is 3.24. The van der Waals surface area contributed by atoms with Gasteiger partial charge in [-0.2, -0.15) is 13.2 Å². The van der Waals surface area contributed by atoms with Crippen LogP contribution in [0.5, 0.6) is 0 Å². The monoisotopic (exact) mass is 290 g/mol. The Morgan fingerprint density at radius 1 is 1.12 bits per heavy atom. The van der Waals surface area contributed by atoms with E-state index < -0.39 is 11.9 Å². The normalized spacial score (nSPS) is 11.8. The van der Waals surface area contributed by atoms with Gasteiger partial charge in [-0.1, -0.05) is 28.1 Å². The number of hydrogen-bond acceptors (Lipinski definition) is 1. The zero-order valence-electron chi connectivity index (χ0n) is 7.85. The summed E-state index contributed by atoms with van der Waals surface area (Å²) < 4.78 is 37.7. The van der Waals surface area contributed by atoms with Gasteiger partial charge in [0, 0.05) is 16.2 Å². The topological polar surface area (TPSA) is 28.7 Å². The highest BCUT2D eigenvalue weighted by Gasteiger charge is 2.33. The Hall–Kier alpha value is -1.30. The average molecular weight is 291 g/mol. The summed E-state index contributed by atoms with van der Waals surface area (Å²) in [5.74, 6) is 0.208. The zero-order chi connectivity index (χ0) is 11.8. The third-order valence-corrected chi connectivity index (χ3v) is 2.51. The molecule has 0 amide bonds. The van der Waals surface area contributed by atoms with E-state index in [1.165, 1.54) is 0 Å². The molecule has 0 saturated carbocycles. The van der Waals surface area contributed by atoms with Crippen LogP contribution >= 0.6 is 15.9 Å². The van der Waals surface area contributed by atoms with E-state index in [4.69, 9.17) is 0 Å². The van der Waals surface area contributed by atoms with E-state index >= 15 is 0 Å². The van der Waals surface area contributed by atoms with Gasteiger partial charge in [-0.25, -0.2) is 4.98 Å². The number of nitrogens with zero attached hydrogens (tertiary/aromatic N) is 1. The third kappa shape index (κ3) is 2.27. The number of halogens is 4. The molecule has 0 unspecified atom stereocenters. The van der Waals surface area contributed by atoms with E-state index in [0.29, 0.717) is 5.56 Å². The molecule has 0 spiro atoms. The fraction of sp³-hybridized carbons (Fsp3) is 0.100. The maximum atomic E-state index is 12.3. The van der Waals surface area contributed by atoms with Gasteiger partial charge < -0.3 is 4.98 Å². The summed E-state index contributed by atoms with van der Waals surface area (Å²) in [5.41, 5.74) is -0.302. The Kier molecular flexibility index (Phi) is 2.75.